The van der Waals surface area contributed by atoms with Crippen molar-refractivity contribution >= 4 is 23.4 Å². The van der Waals surface area contributed by atoms with Gasteiger partial charge in [-0.15, -0.1) is 0 Å². The molecule has 1 fully saturated rings. The zero-order valence-corrected chi connectivity index (χ0v) is 8.91. The Hall–Kier alpha value is -1.00. The van der Waals surface area contributed by atoms with E-state index in [1.165, 1.54) is 11.8 Å². The molecule has 0 saturated carbocycles. The van der Waals surface area contributed by atoms with E-state index in [0.717, 1.165) is 17.0 Å². The maximum absolute atomic E-state index is 11.7. The van der Waals surface area contributed by atoms with Gasteiger partial charge in [-0.25, -0.2) is 0 Å². The maximum atomic E-state index is 11.7. The Morgan fingerprint density at radius 2 is 2.20 bits per heavy atom. The SMILES string of the molecule is O=C1CCC2C(O)Sc3ccccc3N12. The molecule has 2 aliphatic heterocycles. The fraction of sp³-hybridized carbons (Fsp3) is 0.364. The van der Waals surface area contributed by atoms with Gasteiger partial charge in [-0.3, -0.25) is 4.79 Å². The summed E-state index contributed by atoms with van der Waals surface area (Å²) in [6.07, 6.45) is 1.32. The van der Waals surface area contributed by atoms with Gasteiger partial charge in [-0.1, -0.05) is 23.9 Å². The highest BCUT2D eigenvalue weighted by atomic mass is 32.2. The highest BCUT2D eigenvalue weighted by molar-refractivity contribution is 8.00. The Morgan fingerprint density at radius 1 is 1.40 bits per heavy atom. The average molecular weight is 221 g/mol. The van der Waals surface area contributed by atoms with E-state index in [-0.39, 0.29) is 11.9 Å². The number of carbonyl (C=O) groups is 1. The number of anilines is 1. The van der Waals surface area contributed by atoms with Gasteiger partial charge in [0.15, 0.2) is 0 Å². The summed E-state index contributed by atoms with van der Waals surface area (Å²) in [5.74, 6) is 0.131. The number of benzene rings is 1. The van der Waals surface area contributed by atoms with Crippen molar-refractivity contribution in [3.05, 3.63) is 24.3 Å². The lowest BCUT2D eigenvalue weighted by Gasteiger charge is -2.34. The summed E-state index contributed by atoms with van der Waals surface area (Å²) in [6.45, 7) is 0. The van der Waals surface area contributed by atoms with E-state index in [4.69, 9.17) is 0 Å². The monoisotopic (exact) mass is 221 g/mol. The van der Waals surface area contributed by atoms with E-state index in [0.29, 0.717) is 6.42 Å². The quantitative estimate of drug-likeness (QED) is 0.723. The fourth-order valence-corrected chi connectivity index (χ4v) is 3.37. The van der Waals surface area contributed by atoms with Crippen molar-refractivity contribution in [3.8, 4) is 0 Å². The molecule has 15 heavy (non-hydrogen) atoms. The topological polar surface area (TPSA) is 40.5 Å². The molecular weight excluding hydrogens is 210 g/mol. The van der Waals surface area contributed by atoms with Crippen LogP contribution >= 0.6 is 11.8 Å². The van der Waals surface area contributed by atoms with Crippen LogP contribution in [0.3, 0.4) is 0 Å². The van der Waals surface area contributed by atoms with E-state index in [1.54, 1.807) is 4.90 Å². The lowest BCUT2D eigenvalue weighted by Crippen LogP contribution is -2.42. The van der Waals surface area contributed by atoms with E-state index in [2.05, 4.69) is 0 Å². The van der Waals surface area contributed by atoms with Crippen molar-refractivity contribution < 1.29 is 9.90 Å². The smallest absolute Gasteiger partial charge is 0.227 e. The van der Waals surface area contributed by atoms with E-state index >= 15 is 0 Å². The standard InChI is InChI=1S/C11H11NO2S/c13-10-6-5-8-11(14)15-9-4-2-1-3-7(9)12(8)10/h1-4,8,11,14H,5-6H2. The number of rotatable bonds is 0. The second kappa shape index (κ2) is 3.25. The molecule has 1 amide bonds. The van der Waals surface area contributed by atoms with Crippen LogP contribution < -0.4 is 4.90 Å². The molecule has 3 rings (SSSR count). The number of para-hydroxylation sites is 1. The molecule has 3 nitrogen and oxygen atoms in total. The molecule has 2 atom stereocenters. The van der Waals surface area contributed by atoms with Crippen molar-refractivity contribution in [3.63, 3.8) is 0 Å². The van der Waals surface area contributed by atoms with Gasteiger partial charge in [0.1, 0.15) is 5.44 Å². The third-order valence-electron chi connectivity index (χ3n) is 2.96. The summed E-state index contributed by atoms with van der Waals surface area (Å²) in [5, 5.41) is 9.91. The molecule has 0 radical (unpaired) electrons. The lowest BCUT2D eigenvalue weighted by atomic mass is 10.2. The minimum Gasteiger partial charge on any atom is -0.380 e. The van der Waals surface area contributed by atoms with Crippen molar-refractivity contribution in [2.75, 3.05) is 4.90 Å². The first kappa shape index (κ1) is 9.24. The van der Waals surface area contributed by atoms with Crippen molar-refractivity contribution in [2.24, 2.45) is 0 Å². The van der Waals surface area contributed by atoms with Crippen LogP contribution in [0.4, 0.5) is 5.69 Å². The molecule has 2 heterocycles. The number of aliphatic hydroxyl groups is 1. The molecule has 78 valence electrons. The molecule has 0 aliphatic carbocycles. The lowest BCUT2D eigenvalue weighted by molar-refractivity contribution is -0.117. The van der Waals surface area contributed by atoms with Gasteiger partial charge in [0, 0.05) is 11.3 Å². The van der Waals surface area contributed by atoms with Gasteiger partial charge in [0.05, 0.1) is 11.7 Å². The molecule has 1 aromatic carbocycles. The minimum atomic E-state index is -0.480. The first-order chi connectivity index (χ1) is 7.27. The average Bonchev–Trinajstić information content (AvgIpc) is 2.62. The molecule has 2 aliphatic rings. The number of fused-ring (bicyclic) bond motifs is 3. The van der Waals surface area contributed by atoms with Crippen LogP contribution in [0.1, 0.15) is 12.8 Å². The molecule has 1 aromatic rings. The van der Waals surface area contributed by atoms with Gasteiger partial charge in [-0.05, 0) is 18.6 Å². The Bertz CT molecular complexity index is 421. The van der Waals surface area contributed by atoms with Crippen LogP contribution in [0.2, 0.25) is 0 Å². The number of carbonyl (C=O) groups excluding carboxylic acids is 1. The molecule has 0 spiro atoms. The maximum Gasteiger partial charge on any atom is 0.227 e. The van der Waals surface area contributed by atoms with Gasteiger partial charge in [0.2, 0.25) is 5.91 Å². The predicted molar refractivity (Wildman–Crippen MR) is 58.8 cm³/mol. The molecular formula is C11H11NO2S. The Kier molecular flexibility index (Phi) is 2.00. The van der Waals surface area contributed by atoms with E-state index < -0.39 is 5.44 Å². The highest BCUT2D eigenvalue weighted by Gasteiger charge is 2.41. The van der Waals surface area contributed by atoms with Gasteiger partial charge in [0.25, 0.3) is 0 Å². The molecule has 0 bridgehead atoms. The summed E-state index contributed by atoms with van der Waals surface area (Å²) in [6, 6.07) is 7.73. The van der Waals surface area contributed by atoms with Gasteiger partial charge in [-0.2, -0.15) is 0 Å². The molecule has 0 aromatic heterocycles. The fourth-order valence-electron chi connectivity index (χ4n) is 2.25. The van der Waals surface area contributed by atoms with Gasteiger partial charge < -0.3 is 10.0 Å². The second-order valence-corrected chi connectivity index (χ2v) is 5.00. The molecule has 1 N–H and O–H groups in total. The van der Waals surface area contributed by atoms with Crippen molar-refractivity contribution in [2.45, 2.75) is 29.2 Å². The summed E-state index contributed by atoms with van der Waals surface area (Å²) in [7, 11) is 0. The summed E-state index contributed by atoms with van der Waals surface area (Å²) in [4.78, 5) is 14.5. The summed E-state index contributed by atoms with van der Waals surface area (Å²) in [5.41, 5.74) is 0.478. The third-order valence-corrected chi connectivity index (χ3v) is 4.11. The van der Waals surface area contributed by atoms with Crippen molar-refractivity contribution in [1.29, 1.82) is 0 Å². The van der Waals surface area contributed by atoms with Crippen molar-refractivity contribution in [1.82, 2.24) is 0 Å². The number of amides is 1. The Morgan fingerprint density at radius 3 is 3.07 bits per heavy atom. The van der Waals surface area contributed by atoms with E-state index in [9.17, 15) is 9.90 Å². The van der Waals surface area contributed by atoms with Crippen LogP contribution in [0, 0.1) is 0 Å². The van der Waals surface area contributed by atoms with Crippen LogP contribution in [0.25, 0.3) is 0 Å². The summed E-state index contributed by atoms with van der Waals surface area (Å²) >= 11 is 1.45. The summed E-state index contributed by atoms with van der Waals surface area (Å²) < 4.78 is 0. The van der Waals surface area contributed by atoms with Crippen LogP contribution in [-0.2, 0) is 4.79 Å². The predicted octanol–water partition coefficient (Wildman–Crippen LogP) is 1.61. The van der Waals surface area contributed by atoms with Crippen LogP contribution in [0.5, 0.6) is 0 Å². The normalized spacial score (nSPS) is 28.9. The number of hydrogen-bond donors (Lipinski definition) is 1. The Labute approximate surface area is 92.1 Å². The minimum absolute atomic E-state index is 0.0302. The first-order valence-corrected chi connectivity index (χ1v) is 5.91. The number of hydrogen-bond acceptors (Lipinski definition) is 3. The van der Waals surface area contributed by atoms with Crippen LogP contribution in [-0.4, -0.2) is 22.5 Å². The first-order valence-electron chi connectivity index (χ1n) is 5.03. The molecule has 2 unspecified atom stereocenters. The van der Waals surface area contributed by atoms with E-state index in [1.807, 2.05) is 24.3 Å². The number of nitrogens with zero attached hydrogens (tertiary/aromatic N) is 1. The highest BCUT2D eigenvalue weighted by Crippen LogP contribution is 2.44. The number of thioether (sulfide) groups is 1. The van der Waals surface area contributed by atoms with Gasteiger partial charge >= 0.3 is 0 Å². The zero-order valence-electron chi connectivity index (χ0n) is 8.09. The number of aliphatic hydroxyl groups excluding tert-OH is 1. The second-order valence-electron chi connectivity index (χ2n) is 3.85. The van der Waals surface area contributed by atoms with Crippen LogP contribution in [0.15, 0.2) is 29.2 Å². The zero-order chi connectivity index (χ0) is 10.4. The Balaban J connectivity index is 2.12. The third kappa shape index (κ3) is 1.28. The molecule has 4 heteroatoms. The molecule has 1 saturated heterocycles. The largest absolute Gasteiger partial charge is 0.380 e.